The van der Waals surface area contributed by atoms with Crippen molar-refractivity contribution in [1.29, 1.82) is 0 Å². The van der Waals surface area contributed by atoms with Crippen LogP contribution in [0.25, 0.3) is 11.3 Å². The molecule has 0 bridgehead atoms. The number of aromatic nitrogens is 1. The van der Waals surface area contributed by atoms with Crippen molar-refractivity contribution in [2.75, 3.05) is 12.4 Å². The molecule has 0 atom stereocenters. The number of hydrogen-bond acceptors (Lipinski definition) is 7. The van der Waals surface area contributed by atoms with Crippen LogP contribution in [0.15, 0.2) is 108 Å². The van der Waals surface area contributed by atoms with Crippen LogP contribution >= 0.6 is 22.9 Å². The highest BCUT2D eigenvalue weighted by atomic mass is 35.5. The molecule has 0 aliphatic carbocycles. The average Bonchev–Trinajstić information content (AvgIpc) is 3.46. The van der Waals surface area contributed by atoms with Crippen LogP contribution in [0.2, 0.25) is 5.02 Å². The molecule has 0 saturated carbocycles. The molecule has 0 spiro atoms. The molecule has 9 heteroatoms. The summed E-state index contributed by atoms with van der Waals surface area (Å²) in [6.07, 6.45) is 1.55. The van der Waals surface area contributed by atoms with Gasteiger partial charge in [-0.2, -0.15) is 5.10 Å². The summed E-state index contributed by atoms with van der Waals surface area (Å²) in [7, 11) is 1.57. The number of nitrogens with zero attached hydrogens (tertiary/aromatic N) is 2. The molecule has 7 nitrogen and oxygen atoms in total. The molecular weight excluding hydrogens is 544 g/mol. The van der Waals surface area contributed by atoms with Crippen LogP contribution < -0.4 is 20.2 Å². The van der Waals surface area contributed by atoms with E-state index in [-0.39, 0.29) is 5.91 Å². The van der Waals surface area contributed by atoms with Gasteiger partial charge in [0.15, 0.2) is 16.6 Å². The van der Waals surface area contributed by atoms with E-state index in [1.165, 1.54) is 11.3 Å². The lowest BCUT2D eigenvalue weighted by Crippen LogP contribution is -2.17. The predicted molar refractivity (Wildman–Crippen MR) is 161 cm³/mol. The van der Waals surface area contributed by atoms with E-state index in [0.717, 1.165) is 33.2 Å². The summed E-state index contributed by atoms with van der Waals surface area (Å²) < 4.78 is 11.4. The second kappa shape index (κ2) is 12.9. The molecule has 4 aromatic carbocycles. The first kappa shape index (κ1) is 26.9. The minimum Gasteiger partial charge on any atom is -0.493 e. The quantitative estimate of drug-likeness (QED) is 0.134. The molecule has 0 aliphatic rings. The summed E-state index contributed by atoms with van der Waals surface area (Å²) in [5.74, 6) is 0.841. The zero-order valence-electron chi connectivity index (χ0n) is 21.5. The molecule has 1 aromatic heterocycles. The first-order valence-electron chi connectivity index (χ1n) is 12.3. The van der Waals surface area contributed by atoms with Gasteiger partial charge in [-0.25, -0.2) is 10.4 Å². The van der Waals surface area contributed by atoms with Crippen molar-refractivity contribution in [3.05, 3.63) is 124 Å². The van der Waals surface area contributed by atoms with Gasteiger partial charge < -0.3 is 14.8 Å². The van der Waals surface area contributed by atoms with Crippen LogP contribution in [-0.4, -0.2) is 24.2 Å². The molecule has 2 N–H and O–H groups in total. The summed E-state index contributed by atoms with van der Waals surface area (Å²) in [6.45, 7) is 0.379. The normalized spacial score (nSPS) is 10.8. The minimum absolute atomic E-state index is 0.317. The van der Waals surface area contributed by atoms with Crippen LogP contribution in [0.4, 0.5) is 10.8 Å². The Morgan fingerprint density at radius 1 is 0.975 bits per heavy atom. The number of carbonyl (C=O) groups is 1. The SMILES string of the molecule is COc1cc(/C=N\NC(=O)c2ccc(-c3csc(Nc4ccccc4)n3)cc2)ccc1OCc1ccc(Cl)cc1. The van der Waals surface area contributed by atoms with Crippen molar-refractivity contribution in [2.45, 2.75) is 6.61 Å². The Morgan fingerprint density at radius 3 is 2.50 bits per heavy atom. The fourth-order valence-corrected chi connectivity index (χ4v) is 4.62. The van der Waals surface area contributed by atoms with Crippen LogP contribution in [-0.2, 0) is 6.61 Å². The molecule has 0 aliphatic heterocycles. The Bertz CT molecular complexity index is 1600. The average molecular weight is 569 g/mol. The number of amides is 1. The van der Waals surface area contributed by atoms with Crippen LogP contribution in [0, 0.1) is 0 Å². The number of nitrogens with one attached hydrogen (secondary N) is 2. The third-order valence-corrected chi connectivity index (χ3v) is 6.86. The molecule has 0 radical (unpaired) electrons. The Labute approximate surface area is 241 Å². The summed E-state index contributed by atoms with van der Waals surface area (Å²) in [5, 5.41) is 10.8. The van der Waals surface area contributed by atoms with Crippen molar-refractivity contribution < 1.29 is 14.3 Å². The first-order chi connectivity index (χ1) is 19.6. The van der Waals surface area contributed by atoms with Gasteiger partial charge in [-0.05, 0) is 65.7 Å². The summed E-state index contributed by atoms with van der Waals surface area (Å²) >= 11 is 7.46. The van der Waals surface area contributed by atoms with Crippen LogP contribution in [0.1, 0.15) is 21.5 Å². The fourth-order valence-electron chi connectivity index (χ4n) is 3.76. The number of ether oxygens (including phenoxy) is 2. The highest BCUT2D eigenvalue weighted by Gasteiger charge is 2.09. The van der Waals surface area contributed by atoms with Crippen molar-refractivity contribution >= 4 is 45.9 Å². The van der Waals surface area contributed by atoms with Gasteiger partial charge in [0, 0.05) is 27.2 Å². The van der Waals surface area contributed by atoms with Crippen molar-refractivity contribution in [1.82, 2.24) is 10.4 Å². The lowest BCUT2D eigenvalue weighted by molar-refractivity contribution is 0.0955. The van der Waals surface area contributed by atoms with Crippen molar-refractivity contribution in [2.24, 2.45) is 5.10 Å². The Hall–Kier alpha value is -4.66. The third-order valence-electron chi connectivity index (χ3n) is 5.85. The Morgan fingerprint density at radius 2 is 1.75 bits per heavy atom. The van der Waals surface area contributed by atoms with Gasteiger partial charge in [0.1, 0.15) is 6.61 Å². The van der Waals surface area contributed by atoms with Gasteiger partial charge in [-0.3, -0.25) is 4.79 Å². The van der Waals surface area contributed by atoms with E-state index in [1.54, 1.807) is 37.6 Å². The predicted octanol–water partition coefficient (Wildman–Crippen LogP) is 7.56. The van der Waals surface area contributed by atoms with Crippen molar-refractivity contribution in [3.63, 3.8) is 0 Å². The second-order valence-corrected chi connectivity index (χ2v) is 9.93. The van der Waals surface area contributed by atoms with Gasteiger partial charge >= 0.3 is 0 Å². The van der Waals surface area contributed by atoms with E-state index in [0.29, 0.717) is 28.7 Å². The van der Waals surface area contributed by atoms with Gasteiger partial charge in [0.25, 0.3) is 5.91 Å². The number of para-hydroxylation sites is 1. The maximum absolute atomic E-state index is 12.6. The van der Waals surface area contributed by atoms with E-state index in [9.17, 15) is 4.79 Å². The summed E-state index contributed by atoms with van der Waals surface area (Å²) in [5.41, 5.74) is 7.52. The van der Waals surface area contributed by atoms with Gasteiger partial charge in [-0.15, -0.1) is 11.3 Å². The standard InChI is InChI=1S/C31H25ClN4O3S/c1-38-29-17-22(9-16-28(29)39-19-21-7-14-25(32)15-8-21)18-33-36-30(37)24-12-10-23(11-13-24)27-20-40-31(35-27)34-26-5-3-2-4-6-26/h2-18,20H,19H2,1H3,(H,34,35)(H,36,37)/b33-18-. The number of hydrogen-bond donors (Lipinski definition) is 2. The van der Waals surface area contributed by atoms with Crippen LogP contribution in [0.5, 0.6) is 11.5 Å². The number of benzene rings is 4. The first-order valence-corrected chi connectivity index (χ1v) is 13.6. The molecule has 5 rings (SSSR count). The van der Waals surface area contributed by atoms with E-state index in [2.05, 4.69) is 20.8 Å². The number of rotatable bonds is 10. The van der Waals surface area contributed by atoms with Gasteiger partial charge in [-0.1, -0.05) is 54.1 Å². The number of hydrazone groups is 1. The molecule has 40 heavy (non-hydrogen) atoms. The van der Waals surface area contributed by atoms with E-state index in [4.69, 9.17) is 21.1 Å². The Kier molecular flexibility index (Phi) is 8.70. The number of anilines is 2. The molecule has 5 aromatic rings. The van der Waals surface area contributed by atoms with E-state index >= 15 is 0 Å². The highest BCUT2D eigenvalue weighted by Crippen LogP contribution is 2.29. The topological polar surface area (TPSA) is 84.8 Å². The smallest absolute Gasteiger partial charge is 0.271 e. The number of thiazole rings is 1. The molecule has 0 saturated heterocycles. The summed E-state index contributed by atoms with van der Waals surface area (Å²) in [4.78, 5) is 17.2. The van der Waals surface area contributed by atoms with E-state index in [1.807, 2.05) is 78.2 Å². The lowest BCUT2D eigenvalue weighted by atomic mass is 10.1. The molecule has 0 fully saturated rings. The lowest BCUT2D eigenvalue weighted by Gasteiger charge is -2.11. The highest BCUT2D eigenvalue weighted by molar-refractivity contribution is 7.14. The number of halogens is 1. The zero-order valence-corrected chi connectivity index (χ0v) is 23.1. The third kappa shape index (κ3) is 7.05. The summed E-state index contributed by atoms with van der Waals surface area (Å²) in [6, 6.07) is 30.0. The number of methoxy groups -OCH3 is 1. The number of carbonyl (C=O) groups excluding carboxylic acids is 1. The van der Waals surface area contributed by atoms with Crippen LogP contribution in [0.3, 0.4) is 0 Å². The molecule has 0 unspecified atom stereocenters. The van der Waals surface area contributed by atoms with Gasteiger partial charge in [0.2, 0.25) is 0 Å². The Balaban J connectivity index is 1.16. The monoisotopic (exact) mass is 568 g/mol. The largest absolute Gasteiger partial charge is 0.493 e. The zero-order chi connectivity index (χ0) is 27.7. The second-order valence-electron chi connectivity index (χ2n) is 8.63. The molecule has 1 heterocycles. The molecular formula is C31H25ClN4O3S. The molecule has 200 valence electrons. The minimum atomic E-state index is -0.317. The fraction of sp³-hybridized carbons (Fsp3) is 0.0645. The van der Waals surface area contributed by atoms with Crippen molar-refractivity contribution in [3.8, 4) is 22.8 Å². The van der Waals surface area contributed by atoms with Gasteiger partial charge in [0.05, 0.1) is 19.0 Å². The molecule has 1 amide bonds. The maximum Gasteiger partial charge on any atom is 0.271 e. The maximum atomic E-state index is 12.6. The van der Waals surface area contributed by atoms with E-state index < -0.39 is 0 Å².